The zero-order valence-corrected chi connectivity index (χ0v) is 7.36. The summed E-state index contributed by atoms with van der Waals surface area (Å²) >= 11 is 1.74. The van der Waals surface area contributed by atoms with Gasteiger partial charge in [-0.2, -0.15) is 11.8 Å². The Kier molecular flexibility index (Phi) is 2.44. The third-order valence-electron chi connectivity index (χ3n) is 2.20. The third-order valence-corrected chi connectivity index (χ3v) is 3.68. The van der Waals surface area contributed by atoms with Gasteiger partial charge in [-0.3, -0.25) is 4.79 Å². The molecule has 0 radical (unpaired) electrons. The summed E-state index contributed by atoms with van der Waals surface area (Å²) in [6, 6.07) is 0. The first-order valence-electron chi connectivity index (χ1n) is 3.63. The quantitative estimate of drug-likeness (QED) is 0.643. The van der Waals surface area contributed by atoms with Crippen molar-refractivity contribution in [2.24, 2.45) is 11.7 Å². The van der Waals surface area contributed by atoms with Crippen molar-refractivity contribution in [1.29, 1.82) is 0 Å². The molecule has 0 bridgehead atoms. The molecule has 2 unspecified atom stereocenters. The molecule has 3 nitrogen and oxygen atoms in total. The highest BCUT2D eigenvalue weighted by Gasteiger charge is 2.38. The van der Waals surface area contributed by atoms with E-state index < -0.39 is 11.5 Å². The van der Waals surface area contributed by atoms with Crippen LogP contribution in [0.3, 0.4) is 0 Å². The smallest absolute Gasteiger partial charge is 0.305 e. The van der Waals surface area contributed by atoms with Gasteiger partial charge in [0, 0.05) is 11.3 Å². The number of aliphatic carboxylic acids is 1. The van der Waals surface area contributed by atoms with Crippen LogP contribution in [0.15, 0.2) is 0 Å². The topological polar surface area (TPSA) is 63.3 Å². The predicted molar refractivity (Wildman–Crippen MR) is 45.7 cm³/mol. The molecule has 0 spiro atoms. The van der Waals surface area contributed by atoms with Gasteiger partial charge < -0.3 is 10.8 Å². The molecule has 1 fully saturated rings. The number of carbonyl (C=O) groups is 1. The van der Waals surface area contributed by atoms with Gasteiger partial charge in [0.15, 0.2) is 0 Å². The van der Waals surface area contributed by atoms with Crippen LogP contribution in [0.2, 0.25) is 0 Å². The van der Waals surface area contributed by atoms with E-state index in [1.54, 1.807) is 11.8 Å². The molecule has 1 aliphatic rings. The first kappa shape index (κ1) is 8.87. The molecule has 0 saturated carbocycles. The molecule has 11 heavy (non-hydrogen) atoms. The Hall–Kier alpha value is -0.220. The molecule has 1 rings (SSSR count). The summed E-state index contributed by atoms with van der Waals surface area (Å²) in [6.45, 7) is 2.02. The lowest BCUT2D eigenvalue weighted by Crippen LogP contribution is -2.47. The summed E-state index contributed by atoms with van der Waals surface area (Å²) in [4.78, 5) is 10.4. The number of hydrogen-bond acceptors (Lipinski definition) is 3. The van der Waals surface area contributed by atoms with Gasteiger partial charge in [-0.05, 0) is 11.7 Å². The summed E-state index contributed by atoms with van der Waals surface area (Å²) in [5.74, 6) is 1.30. The lowest BCUT2D eigenvalue weighted by molar-refractivity contribution is -0.138. The molecule has 1 saturated heterocycles. The molecule has 0 aromatic rings. The van der Waals surface area contributed by atoms with Crippen molar-refractivity contribution in [2.75, 3.05) is 11.5 Å². The number of nitrogens with two attached hydrogens (primary N) is 1. The Morgan fingerprint density at radius 3 is 2.91 bits per heavy atom. The zero-order chi connectivity index (χ0) is 8.48. The molecule has 1 aliphatic heterocycles. The highest BCUT2D eigenvalue weighted by molar-refractivity contribution is 7.99. The minimum atomic E-state index is -0.790. The normalized spacial score (nSPS) is 37.5. The molecule has 0 amide bonds. The van der Waals surface area contributed by atoms with Crippen molar-refractivity contribution >= 4 is 17.7 Å². The van der Waals surface area contributed by atoms with E-state index in [2.05, 4.69) is 0 Å². The number of carboxylic acid groups (broad SMARTS) is 1. The predicted octanol–water partition coefficient (Wildman–Crippen LogP) is 0.542. The van der Waals surface area contributed by atoms with Gasteiger partial charge in [-0.25, -0.2) is 0 Å². The van der Waals surface area contributed by atoms with Crippen molar-refractivity contribution in [3.8, 4) is 0 Å². The number of hydrogen-bond donors (Lipinski definition) is 2. The Labute approximate surface area is 70.3 Å². The lowest BCUT2D eigenvalue weighted by atomic mass is 9.87. The molecule has 0 aromatic heterocycles. The Morgan fingerprint density at radius 1 is 1.91 bits per heavy atom. The van der Waals surface area contributed by atoms with Gasteiger partial charge in [0.05, 0.1) is 6.42 Å². The minimum absolute atomic E-state index is 0.0984. The van der Waals surface area contributed by atoms with Crippen molar-refractivity contribution in [3.63, 3.8) is 0 Å². The Balaban J connectivity index is 2.58. The third kappa shape index (κ3) is 1.87. The average molecular weight is 175 g/mol. The molecule has 2 atom stereocenters. The first-order valence-corrected chi connectivity index (χ1v) is 4.78. The van der Waals surface area contributed by atoms with Crippen LogP contribution < -0.4 is 5.73 Å². The molecule has 1 heterocycles. The summed E-state index contributed by atoms with van der Waals surface area (Å²) in [5.41, 5.74) is 5.44. The zero-order valence-electron chi connectivity index (χ0n) is 6.54. The number of thioether (sulfide) groups is 1. The van der Waals surface area contributed by atoms with Crippen molar-refractivity contribution in [3.05, 3.63) is 0 Å². The summed E-state index contributed by atoms with van der Waals surface area (Å²) in [6.07, 6.45) is 0.0984. The van der Waals surface area contributed by atoms with E-state index in [-0.39, 0.29) is 6.42 Å². The van der Waals surface area contributed by atoms with Gasteiger partial charge >= 0.3 is 5.97 Å². The monoisotopic (exact) mass is 175 g/mol. The molecule has 0 aliphatic carbocycles. The maximum Gasteiger partial charge on any atom is 0.305 e. The number of rotatable bonds is 2. The lowest BCUT2D eigenvalue weighted by Gasteiger charge is -2.25. The largest absolute Gasteiger partial charge is 0.481 e. The second kappa shape index (κ2) is 3.03. The SMILES string of the molecule is CC1CSCC1(N)CC(=O)O. The maximum atomic E-state index is 10.4. The van der Waals surface area contributed by atoms with Crippen LogP contribution in [-0.4, -0.2) is 28.1 Å². The van der Waals surface area contributed by atoms with E-state index in [9.17, 15) is 4.79 Å². The minimum Gasteiger partial charge on any atom is -0.481 e. The summed E-state index contributed by atoms with van der Waals surface area (Å²) < 4.78 is 0. The molecule has 0 aromatic carbocycles. The summed E-state index contributed by atoms with van der Waals surface area (Å²) in [7, 11) is 0. The van der Waals surface area contributed by atoms with E-state index >= 15 is 0 Å². The van der Waals surface area contributed by atoms with Crippen LogP contribution in [0.5, 0.6) is 0 Å². The van der Waals surface area contributed by atoms with Gasteiger partial charge in [0.2, 0.25) is 0 Å². The molecule has 4 heteroatoms. The van der Waals surface area contributed by atoms with Crippen molar-refractivity contribution in [1.82, 2.24) is 0 Å². The highest BCUT2D eigenvalue weighted by Crippen LogP contribution is 2.33. The van der Waals surface area contributed by atoms with E-state index in [1.807, 2.05) is 6.92 Å². The maximum absolute atomic E-state index is 10.4. The van der Waals surface area contributed by atoms with Gasteiger partial charge in [0.25, 0.3) is 0 Å². The van der Waals surface area contributed by atoms with Gasteiger partial charge in [-0.15, -0.1) is 0 Å². The Morgan fingerprint density at radius 2 is 2.55 bits per heavy atom. The number of carboxylic acids is 1. The first-order chi connectivity index (χ1) is 5.04. The van der Waals surface area contributed by atoms with Crippen LogP contribution in [-0.2, 0) is 4.79 Å². The van der Waals surface area contributed by atoms with Crippen molar-refractivity contribution < 1.29 is 9.90 Å². The van der Waals surface area contributed by atoms with E-state index in [0.717, 1.165) is 11.5 Å². The van der Waals surface area contributed by atoms with Gasteiger partial charge in [0.1, 0.15) is 0 Å². The summed E-state index contributed by atoms with van der Waals surface area (Å²) in [5, 5.41) is 8.57. The second-order valence-electron chi connectivity index (χ2n) is 3.22. The van der Waals surface area contributed by atoms with Crippen molar-refractivity contribution in [2.45, 2.75) is 18.9 Å². The van der Waals surface area contributed by atoms with E-state index in [0.29, 0.717) is 5.92 Å². The van der Waals surface area contributed by atoms with E-state index in [4.69, 9.17) is 10.8 Å². The highest BCUT2D eigenvalue weighted by atomic mass is 32.2. The molecular weight excluding hydrogens is 162 g/mol. The van der Waals surface area contributed by atoms with Crippen LogP contribution in [0, 0.1) is 5.92 Å². The molecular formula is C7H13NO2S. The van der Waals surface area contributed by atoms with Crippen LogP contribution >= 0.6 is 11.8 Å². The van der Waals surface area contributed by atoms with E-state index in [1.165, 1.54) is 0 Å². The Bertz CT molecular complexity index is 174. The van der Waals surface area contributed by atoms with Crippen LogP contribution in [0.25, 0.3) is 0 Å². The standard InChI is InChI=1S/C7H13NO2S/c1-5-3-11-4-7(5,8)2-6(9)10/h5H,2-4,8H2,1H3,(H,9,10). The molecule has 64 valence electrons. The average Bonchev–Trinajstić information content (AvgIpc) is 2.11. The second-order valence-corrected chi connectivity index (χ2v) is 4.25. The fourth-order valence-corrected chi connectivity index (χ4v) is 2.81. The molecule has 3 N–H and O–H groups in total. The fraction of sp³-hybridized carbons (Fsp3) is 0.857. The van der Waals surface area contributed by atoms with Crippen LogP contribution in [0.1, 0.15) is 13.3 Å². The van der Waals surface area contributed by atoms with Crippen LogP contribution in [0.4, 0.5) is 0 Å². The van der Waals surface area contributed by atoms with Gasteiger partial charge in [-0.1, -0.05) is 6.92 Å². The fourth-order valence-electron chi connectivity index (χ4n) is 1.24.